The maximum absolute atomic E-state index is 11.1. The van der Waals surface area contributed by atoms with Crippen molar-refractivity contribution in [2.24, 2.45) is 0 Å². The summed E-state index contributed by atoms with van der Waals surface area (Å²) in [5.41, 5.74) is 1.43. The fourth-order valence-corrected chi connectivity index (χ4v) is 2.28. The highest BCUT2D eigenvalue weighted by atomic mass is 32.2. The summed E-state index contributed by atoms with van der Waals surface area (Å²) < 4.78 is 27.2. The second kappa shape index (κ2) is 4.84. The molecule has 4 nitrogen and oxygen atoms in total. The first-order chi connectivity index (χ1) is 7.33. The van der Waals surface area contributed by atoms with E-state index in [1.165, 1.54) is 0 Å². The van der Waals surface area contributed by atoms with Crippen LogP contribution < -0.4 is 4.74 Å². The Labute approximate surface area is 95.8 Å². The highest BCUT2D eigenvalue weighted by Crippen LogP contribution is 2.23. The summed E-state index contributed by atoms with van der Waals surface area (Å²) in [6.07, 6.45) is 0.121. The van der Waals surface area contributed by atoms with Gasteiger partial charge in [0.15, 0.2) is 0 Å². The fraction of sp³-hybridized carbons (Fsp3) is 0.455. The summed E-state index contributed by atoms with van der Waals surface area (Å²) in [7, 11) is -1.63. The van der Waals surface area contributed by atoms with Gasteiger partial charge < -0.3 is 9.84 Å². The third-order valence-electron chi connectivity index (χ3n) is 2.30. The Balaban J connectivity index is 2.96. The van der Waals surface area contributed by atoms with Crippen molar-refractivity contribution >= 4 is 9.84 Å². The lowest BCUT2D eigenvalue weighted by Crippen LogP contribution is -2.13. The molecule has 0 aromatic heterocycles. The van der Waals surface area contributed by atoms with Crippen LogP contribution in [0.1, 0.15) is 17.2 Å². The van der Waals surface area contributed by atoms with Crippen LogP contribution in [0.25, 0.3) is 0 Å². The molecular weight excluding hydrogens is 228 g/mol. The van der Waals surface area contributed by atoms with Gasteiger partial charge in [-0.05, 0) is 30.2 Å². The van der Waals surface area contributed by atoms with Crippen molar-refractivity contribution in [2.45, 2.75) is 13.0 Å². The first kappa shape index (κ1) is 13.0. The predicted octanol–water partition coefficient (Wildman–Crippen LogP) is 1.08. The van der Waals surface area contributed by atoms with Crippen molar-refractivity contribution in [2.75, 3.05) is 19.1 Å². The van der Waals surface area contributed by atoms with Crippen LogP contribution in [0.3, 0.4) is 0 Å². The Bertz CT molecular complexity index is 465. The van der Waals surface area contributed by atoms with Crippen molar-refractivity contribution in [1.29, 1.82) is 0 Å². The lowest BCUT2D eigenvalue weighted by atomic mass is 10.0. The number of rotatable bonds is 4. The van der Waals surface area contributed by atoms with Gasteiger partial charge in [-0.3, -0.25) is 0 Å². The minimum absolute atomic E-state index is 0.264. The smallest absolute Gasteiger partial charge is 0.150 e. The Morgan fingerprint density at radius 3 is 2.50 bits per heavy atom. The molecule has 1 rings (SSSR count). The summed E-state index contributed by atoms with van der Waals surface area (Å²) in [6.45, 7) is 1.81. The van der Waals surface area contributed by atoms with Crippen molar-refractivity contribution in [1.82, 2.24) is 0 Å². The van der Waals surface area contributed by atoms with E-state index in [1.54, 1.807) is 25.3 Å². The third kappa shape index (κ3) is 3.50. The van der Waals surface area contributed by atoms with E-state index in [0.717, 1.165) is 11.8 Å². The van der Waals surface area contributed by atoms with Gasteiger partial charge in [0.2, 0.25) is 0 Å². The number of hydrogen-bond donors (Lipinski definition) is 1. The SMILES string of the molecule is COc1ccc(C(O)CS(C)(=O)=O)c(C)c1. The summed E-state index contributed by atoms with van der Waals surface area (Å²) in [6, 6.07) is 5.15. The van der Waals surface area contributed by atoms with E-state index in [0.29, 0.717) is 11.3 Å². The zero-order valence-electron chi connectivity index (χ0n) is 9.60. The molecule has 0 fully saturated rings. The molecule has 5 heteroatoms. The topological polar surface area (TPSA) is 63.6 Å². The van der Waals surface area contributed by atoms with Gasteiger partial charge in [0, 0.05) is 6.26 Å². The molecule has 0 saturated heterocycles. The number of ether oxygens (including phenoxy) is 1. The first-order valence-corrected chi connectivity index (χ1v) is 6.90. The van der Waals surface area contributed by atoms with Gasteiger partial charge in [0.05, 0.1) is 19.0 Å². The molecule has 16 heavy (non-hydrogen) atoms. The minimum Gasteiger partial charge on any atom is -0.497 e. The van der Waals surface area contributed by atoms with Crippen molar-refractivity contribution in [3.63, 3.8) is 0 Å². The predicted molar refractivity (Wildman–Crippen MR) is 62.4 cm³/mol. The average Bonchev–Trinajstić information content (AvgIpc) is 2.14. The Hall–Kier alpha value is -1.07. The Morgan fingerprint density at radius 2 is 2.06 bits per heavy atom. The molecule has 0 aliphatic carbocycles. The first-order valence-electron chi connectivity index (χ1n) is 4.84. The highest BCUT2D eigenvalue weighted by Gasteiger charge is 2.16. The average molecular weight is 244 g/mol. The molecule has 1 unspecified atom stereocenters. The van der Waals surface area contributed by atoms with Crippen LogP contribution >= 0.6 is 0 Å². The van der Waals surface area contributed by atoms with Crippen LogP contribution in [-0.2, 0) is 9.84 Å². The number of methoxy groups -OCH3 is 1. The van der Waals surface area contributed by atoms with E-state index in [2.05, 4.69) is 0 Å². The number of aryl methyl sites for hydroxylation is 1. The molecule has 1 aromatic carbocycles. The van der Waals surface area contributed by atoms with E-state index < -0.39 is 15.9 Å². The molecule has 0 aliphatic rings. The summed E-state index contributed by atoms with van der Waals surface area (Å²) in [5.74, 6) is 0.424. The maximum atomic E-state index is 11.1. The third-order valence-corrected chi connectivity index (χ3v) is 3.22. The summed E-state index contributed by atoms with van der Waals surface area (Å²) in [4.78, 5) is 0. The quantitative estimate of drug-likeness (QED) is 0.861. The van der Waals surface area contributed by atoms with Crippen LogP contribution in [0.2, 0.25) is 0 Å². The van der Waals surface area contributed by atoms with Crippen molar-refractivity contribution < 1.29 is 18.3 Å². The summed E-state index contributed by atoms with van der Waals surface area (Å²) >= 11 is 0. The van der Waals surface area contributed by atoms with Gasteiger partial charge in [-0.15, -0.1) is 0 Å². The van der Waals surface area contributed by atoms with E-state index in [1.807, 2.05) is 6.92 Å². The van der Waals surface area contributed by atoms with Gasteiger partial charge in [-0.2, -0.15) is 0 Å². The number of benzene rings is 1. The number of aliphatic hydroxyl groups excluding tert-OH is 1. The second-order valence-electron chi connectivity index (χ2n) is 3.83. The molecule has 0 heterocycles. The molecule has 0 amide bonds. The molecule has 1 N–H and O–H groups in total. The standard InChI is InChI=1S/C11H16O4S/c1-8-6-9(15-2)4-5-10(8)11(12)7-16(3,13)14/h4-6,11-12H,7H2,1-3H3. The Kier molecular flexibility index (Phi) is 3.93. The molecule has 0 aliphatic heterocycles. The molecule has 0 spiro atoms. The number of sulfone groups is 1. The molecule has 1 aromatic rings. The molecule has 0 bridgehead atoms. The number of hydrogen-bond acceptors (Lipinski definition) is 4. The monoisotopic (exact) mass is 244 g/mol. The second-order valence-corrected chi connectivity index (χ2v) is 6.02. The molecular formula is C11H16O4S. The van der Waals surface area contributed by atoms with Gasteiger partial charge in [0.25, 0.3) is 0 Å². The van der Waals surface area contributed by atoms with E-state index >= 15 is 0 Å². The lowest BCUT2D eigenvalue weighted by Gasteiger charge is -2.13. The van der Waals surface area contributed by atoms with Crippen molar-refractivity contribution in [3.8, 4) is 5.75 Å². The zero-order chi connectivity index (χ0) is 12.3. The van der Waals surface area contributed by atoms with Crippen LogP contribution in [-0.4, -0.2) is 32.6 Å². The van der Waals surface area contributed by atoms with E-state index in [-0.39, 0.29) is 5.75 Å². The van der Waals surface area contributed by atoms with Crippen molar-refractivity contribution in [3.05, 3.63) is 29.3 Å². The fourth-order valence-electron chi connectivity index (χ4n) is 1.53. The van der Waals surface area contributed by atoms with E-state index in [4.69, 9.17) is 4.74 Å². The lowest BCUT2D eigenvalue weighted by molar-refractivity contribution is 0.201. The van der Waals surface area contributed by atoms with Crippen LogP contribution in [0.15, 0.2) is 18.2 Å². The summed E-state index contributed by atoms with van der Waals surface area (Å²) in [5, 5.41) is 9.78. The molecule has 1 atom stereocenters. The highest BCUT2D eigenvalue weighted by molar-refractivity contribution is 7.90. The molecule has 0 radical (unpaired) electrons. The van der Waals surface area contributed by atoms with Gasteiger partial charge in [-0.25, -0.2) is 8.42 Å². The molecule has 90 valence electrons. The Morgan fingerprint density at radius 1 is 1.44 bits per heavy atom. The van der Waals surface area contributed by atoms with Crippen LogP contribution in [0.5, 0.6) is 5.75 Å². The van der Waals surface area contributed by atoms with Gasteiger partial charge in [0.1, 0.15) is 15.6 Å². The van der Waals surface area contributed by atoms with Gasteiger partial charge in [-0.1, -0.05) is 6.07 Å². The largest absolute Gasteiger partial charge is 0.497 e. The zero-order valence-corrected chi connectivity index (χ0v) is 10.4. The molecule has 0 saturated carbocycles. The van der Waals surface area contributed by atoms with E-state index in [9.17, 15) is 13.5 Å². The number of aliphatic hydroxyl groups is 1. The van der Waals surface area contributed by atoms with Crippen LogP contribution in [0.4, 0.5) is 0 Å². The minimum atomic E-state index is -3.19. The normalized spacial score (nSPS) is 13.5. The van der Waals surface area contributed by atoms with Gasteiger partial charge >= 0.3 is 0 Å². The van der Waals surface area contributed by atoms with Crippen LogP contribution in [0, 0.1) is 6.92 Å². The maximum Gasteiger partial charge on any atom is 0.150 e.